The zero-order valence-corrected chi connectivity index (χ0v) is 34.1. The summed E-state index contributed by atoms with van der Waals surface area (Å²) < 4.78 is 12.4. The number of anilines is 2. The molecule has 4 heterocycles. The molecular formula is C43H45N7O7S. The van der Waals surface area contributed by atoms with Crippen molar-refractivity contribution in [3.63, 3.8) is 0 Å². The van der Waals surface area contributed by atoms with Crippen LogP contribution >= 0.6 is 11.3 Å². The van der Waals surface area contributed by atoms with Gasteiger partial charge in [0.1, 0.15) is 28.2 Å². The van der Waals surface area contributed by atoms with Crippen molar-refractivity contribution in [3.8, 4) is 27.4 Å². The number of carbonyl (C=O) groups excluding carboxylic acids is 5. The lowest BCUT2D eigenvalue weighted by Gasteiger charge is -2.29. The van der Waals surface area contributed by atoms with Gasteiger partial charge in [0.05, 0.1) is 10.2 Å². The first kappa shape index (κ1) is 39.9. The van der Waals surface area contributed by atoms with E-state index in [1.807, 2.05) is 49.5 Å². The van der Waals surface area contributed by atoms with Crippen LogP contribution in [-0.2, 0) is 25.7 Å². The Balaban J connectivity index is 0.991. The van der Waals surface area contributed by atoms with Crippen molar-refractivity contribution in [2.45, 2.75) is 58.7 Å². The molecule has 3 aromatic carbocycles. The van der Waals surface area contributed by atoms with Gasteiger partial charge in [0.25, 0.3) is 11.8 Å². The molecule has 7 rings (SSSR count). The number of aryl methyl sites for hydroxylation is 1. The summed E-state index contributed by atoms with van der Waals surface area (Å²) in [6.07, 6.45) is 1.75. The summed E-state index contributed by atoms with van der Waals surface area (Å²) in [5, 5.41) is 5.97. The lowest BCUT2D eigenvalue weighted by molar-refractivity contribution is -0.137. The van der Waals surface area contributed by atoms with Crippen LogP contribution in [0.15, 0.2) is 72.9 Å². The van der Waals surface area contributed by atoms with Crippen LogP contribution in [-0.4, -0.2) is 90.0 Å². The van der Waals surface area contributed by atoms with Crippen LogP contribution in [0.4, 0.5) is 16.3 Å². The summed E-state index contributed by atoms with van der Waals surface area (Å²) in [4.78, 5) is 77.8. The summed E-state index contributed by atoms with van der Waals surface area (Å²) in [5.74, 6) is -0.252. The average Bonchev–Trinajstić information content (AvgIpc) is 3.74. The number of thiazole rings is 1. The Morgan fingerprint density at radius 1 is 0.983 bits per heavy atom. The highest BCUT2D eigenvalue weighted by Crippen LogP contribution is 2.36. The molecule has 5 amide bonds. The molecular weight excluding hydrogens is 759 g/mol. The number of nitrogens with one attached hydrogen (secondary N) is 2. The monoisotopic (exact) mass is 803 g/mol. The van der Waals surface area contributed by atoms with Crippen LogP contribution < -0.4 is 25.2 Å². The SMILES string of the molecule is Cc1cc(-c2ccc(N(C)C)nc2)ccc1-c1nc2ccc(N(CCNC(=O)COc3ccc4c(c3)CN(C3CCC(=O)NC3=O)C4=O)C(=O)OC(C)(C)C)cc2s1. The van der Waals surface area contributed by atoms with Crippen LogP contribution in [0.5, 0.6) is 5.75 Å². The van der Waals surface area contributed by atoms with Gasteiger partial charge in [0, 0.05) is 68.7 Å². The Morgan fingerprint density at radius 2 is 1.76 bits per heavy atom. The number of hydrogen-bond donors (Lipinski definition) is 2. The van der Waals surface area contributed by atoms with Crippen LogP contribution in [0, 0.1) is 6.92 Å². The normalized spacial score (nSPS) is 15.2. The number of hydrogen-bond acceptors (Lipinski definition) is 11. The maximum Gasteiger partial charge on any atom is 0.414 e. The summed E-state index contributed by atoms with van der Waals surface area (Å²) in [6.45, 7) is 7.59. The molecule has 1 unspecified atom stereocenters. The van der Waals surface area contributed by atoms with Crippen LogP contribution in [0.1, 0.15) is 55.1 Å². The van der Waals surface area contributed by atoms with Crippen LogP contribution in [0.3, 0.4) is 0 Å². The molecule has 1 saturated heterocycles. The Labute approximate surface area is 340 Å². The van der Waals surface area contributed by atoms with E-state index in [1.165, 1.54) is 21.1 Å². The molecule has 1 atom stereocenters. The number of rotatable bonds is 11. The number of piperidine rings is 1. The van der Waals surface area contributed by atoms with E-state index in [1.54, 1.807) is 39.0 Å². The number of nitrogens with zero attached hydrogens (tertiary/aromatic N) is 5. The zero-order valence-electron chi connectivity index (χ0n) is 33.3. The molecule has 0 radical (unpaired) electrons. The third-order valence-electron chi connectivity index (χ3n) is 9.82. The second-order valence-electron chi connectivity index (χ2n) is 15.5. The first-order chi connectivity index (χ1) is 27.6. The number of ether oxygens (including phenoxy) is 2. The van der Waals surface area contributed by atoms with Crippen molar-refractivity contribution < 1.29 is 33.4 Å². The fourth-order valence-electron chi connectivity index (χ4n) is 6.89. The molecule has 15 heteroatoms. The minimum atomic E-state index is -0.748. The second-order valence-corrected chi connectivity index (χ2v) is 16.5. The number of pyridine rings is 1. The van der Waals surface area contributed by atoms with E-state index in [2.05, 4.69) is 46.8 Å². The lowest BCUT2D eigenvalue weighted by Crippen LogP contribution is -2.52. The Kier molecular flexibility index (Phi) is 11.2. The smallest absolute Gasteiger partial charge is 0.414 e. The number of fused-ring (bicyclic) bond motifs is 2. The molecule has 0 bridgehead atoms. The number of benzene rings is 3. The molecule has 2 aliphatic heterocycles. The predicted molar refractivity (Wildman–Crippen MR) is 222 cm³/mol. The van der Waals surface area contributed by atoms with Crippen molar-refractivity contribution in [1.82, 2.24) is 25.5 Å². The fourth-order valence-corrected chi connectivity index (χ4v) is 7.98. The maximum absolute atomic E-state index is 13.5. The predicted octanol–water partition coefficient (Wildman–Crippen LogP) is 6.10. The van der Waals surface area contributed by atoms with E-state index in [0.29, 0.717) is 22.6 Å². The van der Waals surface area contributed by atoms with E-state index in [0.717, 1.165) is 43.3 Å². The molecule has 0 aliphatic carbocycles. The first-order valence-corrected chi connectivity index (χ1v) is 19.8. The van der Waals surface area contributed by atoms with E-state index in [-0.39, 0.29) is 50.9 Å². The van der Waals surface area contributed by atoms with Crippen LogP contribution in [0.25, 0.3) is 31.9 Å². The van der Waals surface area contributed by atoms with Gasteiger partial charge in [-0.05, 0) is 99.3 Å². The van der Waals surface area contributed by atoms with Crippen molar-refractivity contribution in [2.75, 3.05) is 43.6 Å². The average molecular weight is 804 g/mol. The Hall–Kier alpha value is -6.35. The first-order valence-electron chi connectivity index (χ1n) is 19.0. The number of imide groups is 1. The van der Waals surface area contributed by atoms with Crippen molar-refractivity contribution in [3.05, 3.63) is 89.6 Å². The number of carbonyl (C=O) groups is 5. The molecule has 2 aromatic heterocycles. The number of aromatic nitrogens is 2. The van der Waals surface area contributed by atoms with E-state index < -0.39 is 29.6 Å². The lowest BCUT2D eigenvalue weighted by atomic mass is 10.0. The molecule has 14 nitrogen and oxygen atoms in total. The molecule has 2 N–H and O–H groups in total. The van der Waals surface area contributed by atoms with E-state index in [9.17, 15) is 24.0 Å². The second kappa shape index (κ2) is 16.3. The van der Waals surface area contributed by atoms with Gasteiger partial charge in [-0.2, -0.15) is 0 Å². The Bertz CT molecular complexity index is 2420. The molecule has 5 aromatic rings. The van der Waals surface area contributed by atoms with Gasteiger partial charge in [0.2, 0.25) is 11.8 Å². The highest BCUT2D eigenvalue weighted by atomic mass is 32.1. The molecule has 300 valence electrons. The highest BCUT2D eigenvalue weighted by molar-refractivity contribution is 7.21. The molecule has 0 spiro atoms. The summed E-state index contributed by atoms with van der Waals surface area (Å²) in [7, 11) is 3.92. The van der Waals surface area contributed by atoms with Gasteiger partial charge < -0.3 is 24.6 Å². The third-order valence-corrected chi connectivity index (χ3v) is 10.9. The van der Waals surface area contributed by atoms with E-state index in [4.69, 9.17) is 14.5 Å². The van der Waals surface area contributed by atoms with E-state index >= 15 is 0 Å². The molecule has 58 heavy (non-hydrogen) atoms. The highest BCUT2D eigenvalue weighted by Gasteiger charge is 2.39. The third kappa shape index (κ3) is 8.79. The quantitative estimate of drug-likeness (QED) is 0.149. The summed E-state index contributed by atoms with van der Waals surface area (Å²) >= 11 is 1.53. The largest absolute Gasteiger partial charge is 0.484 e. The summed E-state index contributed by atoms with van der Waals surface area (Å²) in [6, 6.07) is 20.1. The van der Waals surface area contributed by atoms with Gasteiger partial charge in [-0.15, -0.1) is 11.3 Å². The van der Waals surface area contributed by atoms with Gasteiger partial charge >= 0.3 is 6.09 Å². The Morgan fingerprint density at radius 3 is 2.47 bits per heavy atom. The van der Waals surface area contributed by atoms with Gasteiger partial charge in [-0.25, -0.2) is 14.8 Å². The van der Waals surface area contributed by atoms with Gasteiger partial charge in [-0.3, -0.25) is 29.4 Å². The van der Waals surface area contributed by atoms with Crippen LogP contribution in [0.2, 0.25) is 0 Å². The molecule has 0 saturated carbocycles. The molecule has 1 fully saturated rings. The van der Waals surface area contributed by atoms with Gasteiger partial charge in [-0.1, -0.05) is 18.2 Å². The number of amides is 5. The summed E-state index contributed by atoms with van der Waals surface area (Å²) in [5.41, 5.74) is 5.94. The van der Waals surface area contributed by atoms with Crippen molar-refractivity contribution in [1.29, 1.82) is 0 Å². The minimum absolute atomic E-state index is 0.117. The minimum Gasteiger partial charge on any atom is -0.484 e. The van der Waals surface area contributed by atoms with Crippen molar-refractivity contribution in [2.24, 2.45) is 0 Å². The fraction of sp³-hybridized carbons (Fsp3) is 0.326. The zero-order chi connectivity index (χ0) is 41.3. The maximum atomic E-state index is 13.5. The van der Waals surface area contributed by atoms with Crippen molar-refractivity contribution >= 4 is 62.8 Å². The van der Waals surface area contributed by atoms with Gasteiger partial charge in [0.15, 0.2) is 6.61 Å². The molecule has 2 aliphatic rings. The topological polar surface area (TPSA) is 163 Å². The standard InChI is InChI=1S/C43H45N7O7S/c1-25-19-26(27-8-15-36(45-22-27)48(5)6)7-11-31(25)40-46-33-13-9-29(21-35(33)58-40)49(42(55)57-43(2,3)4)18-17-44-38(52)24-56-30-10-12-32-28(20-30)23-50(41(32)54)34-14-16-37(51)47-39(34)53/h7-13,15,19-22,34H,14,16-18,23-24H2,1-6H3,(H,44,52)(H,47,51,53).